The number of hydrogen-bond acceptors (Lipinski definition) is 5. The number of aryl methyl sites for hydroxylation is 1. The first kappa shape index (κ1) is 16.9. The molecule has 2 amide bonds. The average Bonchev–Trinajstić information content (AvgIpc) is 3.11. The first-order valence-electron chi connectivity index (χ1n) is 8.24. The van der Waals surface area contributed by atoms with E-state index in [9.17, 15) is 9.59 Å². The van der Waals surface area contributed by atoms with Crippen molar-refractivity contribution in [2.45, 2.75) is 26.3 Å². The summed E-state index contributed by atoms with van der Waals surface area (Å²) in [6, 6.07) is 6.97. The summed E-state index contributed by atoms with van der Waals surface area (Å²) in [4.78, 5) is 25.1. The number of hydrogen-bond donors (Lipinski definition) is 2. The predicted molar refractivity (Wildman–Crippen MR) is 89.9 cm³/mol. The van der Waals surface area contributed by atoms with Crippen LogP contribution in [0.15, 0.2) is 24.3 Å². The van der Waals surface area contributed by atoms with Crippen LogP contribution >= 0.6 is 0 Å². The topological polar surface area (TPSA) is 113 Å². The Hall–Kier alpha value is -2.97. The van der Waals surface area contributed by atoms with Crippen LogP contribution in [0.5, 0.6) is 0 Å². The van der Waals surface area contributed by atoms with E-state index in [0.717, 1.165) is 5.56 Å². The molecular formula is C16H20N6O3. The highest BCUT2D eigenvalue weighted by atomic mass is 16.4. The van der Waals surface area contributed by atoms with Crippen molar-refractivity contribution in [3.05, 3.63) is 24.3 Å². The standard InChI is InChI=1S/C16H20N6O3/c1-2-22-14(18-19-20-22)11-5-3-7-13(9-11)17-16(25)21-8-4-6-12(10-21)15(23)24/h3,5,7,9,12H,2,4,6,8,10H2,1H3,(H,17,25)(H,23,24). The van der Waals surface area contributed by atoms with Gasteiger partial charge < -0.3 is 15.3 Å². The molecule has 0 spiro atoms. The van der Waals surface area contributed by atoms with E-state index in [2.05, 4.69) is 20.8 Å². The van der Waals surface area contributed by atoms with Gasteiger partial charge in [0, 0.05) is 30.9 Å². The number of amides is 2. The highest BCUT2D eigenvalue weighted by molar-refractivity contribution is 5.90. The van der Waals surface area contributed by atoms with Crippen molar-refractivity contribution in [2.75, 3.05) is 18.4 Å². The second-order valence-electron chi connectivity index (χ2n) is 5.95. The number of anilines is 1. The van der Waals surface area contributed by atoms with E-state index in [1.54, 1.807) is 21.7 Å². The molecule has 1 aliphatic heterocycles. The van der Waals surface area contributed by atoms with Gasteiger partial charge in [-0.3, -0.25) is 4.79 Å². The van der Waals surface area contributed by atoms with Gasteiger partial charge >= 0.3 is 12.0 Å². The van der Waals surface area contributed by atoms with Crippen molar-refractivity contribution in [3.8, 4) is 11.4 Å². The molecule has 0 bridgehead atoms. The number of aliphatic carboxylic acids is 1. The Bertz CT molecular complexity index is 775. The average molecular weight is 344 g/mol. The molecule has 132 valence electrons. The van der Waals surface area contributed by atoms with E-state index in [1.807, 2.05) is 19.1 Å². The molecule has 1 aromatic carbocycles. The van der Waals surface area contributed by atoms with E-state index < -0.39 is 11.9 Å². The molecule has 0 radical (unpaired) electrons. The first-order chi connectivity index (χ1) is 12.1. The van der Waals surface area contributed by atoms with Crippen LogP contribution in [0, 0.1) is 5.92 Å². The van der Waals surface area contributed by atoms with Crippen molar-refractivity contribution in [3.63, 3.8) is 0 Å². The van der Waals surface area contributed by atoms with Gasteiger partial charge in [0.2, 0.25) is 0 Å². The van der Waals surface area contributed by atoms with E-state index in [1.165, 1.54) is 0 Å². The summed E-state index contributed by atoms with van der Waals surface area (Å²) in [6.45, 7) is 3.38. The number of carboxylic acid groups (broad SMARTS) is 1. The lowest BCUT2D eigenvalue weighted by molar-refractivity contribution is -0.143. The molecule has 2 heterocycles. The van der Waals surface area contributed by atoms with Gasteiger partial charge in [-0.05, 0) is 42.3 Å². The Morgan fingerprint density at radius 2 is 2.24 bits per heavy atom. The molecule has 0 saturated carbocycles. The summed E-state index contributed by atoms with van der Waals surface area (Å²) >= 11 is 0. The SMILES string of the molecule is CCn1nnnc1-c1cccc(NC(=O)N2CCCC(C(=O)O)C2)c1. The van der Waals surface area contributed by atoms with Gasteiger partial charge in [0.15, 0.2) is 5.82 Å². The summed E-state index contributed by atoms with van der Waals surface area (Å²) < 4.78 is 1.67. The first-order valence-corrected chi connectivity index (χ1v) is 8.24. The molecule has 1 aromatic heterocycles. The summed E-state index contributed by atoms with van der Waals surface area (Å²) in [5.41, 5.74) is 1.41. The molecule has 25 heavy (non-hydrogen) atoms. The number of rotatable bonds is 4. The summed E-state index contributed by atoms with van der Waals surface area (Å²) in [7, 11) is 0. The van der Waals surface area contributed by atoms with Gasteiger partial charge in [-0.1, -0.05) is 12.1 Å². The highest BCUT2D eigenvalue weighted by Crippen LogP contribution is 2.22. The predicted octanol–water partition coefficient (Wildman–Crippen LogP) is 1.69. The number of aromatic nitrogens is 4. The maximum absolute atomic E-state index is 12.4. The lowest BCUT2D eigenvalue weighted by Gasteiger charge is -2.30. The molecular weight excluding hydrogens is 324 g/mol. The fraction of sp³-hybridized carbons (Fsp3) is 0.438. The van der Waals surface area contributed by atoms with Crippen molar-refractivity contribution >= 4 is 17.7 Å². The van der Waals surface area contributed by atoms with Crippen LogP contribution < -0.4 is 5.32 Å². The smallest absolute Gasteiger partial charge is 0.321 e. The molecule has 2 N–H and O–H groups in total. The second kappa shape index (κ2) is 7.29. The van der Waals surface area contributed by atoms with Gasteiger partial charge in [-0.2, -0.15) is 0 Å². The monoisotopic (exact) mass is 344 g/mol. The number of nitrogens with one attached hydrogen (secondary N) is 1. The quantitative estimate of drug-likeness (QED) is 0.872. The number of carbonyl (C=O) groups is 2. The van der Waals surface area contributed by atoms with E-state index >= 15 is 0 Å². The highest BCUT2D eigenvalue weighted by Gasteiger charge is 2.28. The molecule has 9 nitrogen and oxygen atoms in total. The number of nitrogens with zero attached hydrogens (tertiary/aromatic N) is 5. The van der Waals surface area contributed by atoms with E-state index in [0.29, 0.717) is 37.4 Å². The number of benzene rings is 1. The largest absolute Gasteiger partial charge is 0.481 e. The number of tetrazole rings is 1. The Kier molecular flexibility index (Phi) is 4.92. The maximum Gasteiger partial charge on any atom is 0.321 e. The van der Waals surface area contributed by atoms with Crippen molar-refractivity contribution in [2.24, 2.45) is 5.92 Å². The van der Waals surface area contributed by atoms with Crippen molar-refractivity contribution in [1.29, 1.82) is 0 Å². The summed E-state index contributed by atoms with van der Waals surface area (Å²) in [5, 5.41) is 23.6. The molecule has 0 aliphatic carbocycles. The van der Waals surface area contributed by atoms with Crippen LogP contribution in [0.1, 0.15) is 19.8 Å². The van der Waals surface area contributed by atoms with Crippen LogP contribution in [0.4, 0.5) is 10.5 Å². The van der Waals surface area contributed by atoms with Crippen LogP contribution in [-0.4, -0.2) is 55.3 Å². The van der Waals surface area contributed by atoms with Gasteiger partial charge in [0.25, 0.3) is 0 Å². The number of carbonyl (C=O) groups excluding carboxylic acids is 1. The third-order valence-corrected chi connectivity index (χ3v) is 4.26. The van der Waals surface area contributed by atoms with Crippen LogP contribution in [0.3, 0.4) is 0 Å². The van der Waals surface area contributed by atoms with E-state index in [4.69, 9.17) is 5.11 Å². The fourth-order valence-corrected chi connectivity index (χ4v) is 2.93. The van der Waals surface area contributed by atoms with Crippen molar-refractivity contribution < 1.29 is 14.7 Å². The summed E-state index contributed by atoms with van der Waals surface area (Å²) in [5.74, 6) is -0.728. The Balaban J connectivity index is 1.72. The molecule has 3 rings (SSSR count). The Morgan fingerprint density at radius 3 is 3.00 bits per heavy atom. The number of piperidine rings is 1. The van der Waals surface area contributed by atoms with E-state index in [-0.39, 0.29) is 12.6 Å². The van der Waals surface area contributed by atoms with Crippen molar-refractivity contribution in [1.82, 2.24) is 25.1 Å². The van der Waals surface area contributed by atoms with Crippen LogP contribution in [0.25, 0.3) is 11.4 Å². The Labute approximate surface area is 144 Å². The fourth-order valence-electron chi connectivity index (χ4n) is 2.93. The lowest BCUT2D eigenvalue weighted by Crippen LogP contribution is -2.44. The third kappa shape index (κ3) is 3.76. The zero-order valence-corrected chi connectivity index (χ0v) is 13.9. The van der Waals surface area contributed by atoms with Gasteiger partial charge in [-0.25, -0.2) is 9.48 Å². The molecule has 1 saturated heterocycles. The zero-order chi connectivity index (χ0) is 17.8. The van der Waals surface area contributed by atoms with Gasteiger partial charge in [-0.15, -0.1) is 5.10 Å². The second-order valence-corrected chi connectivity index (χ2v) is 5.95. The minimum atomic E-state index is -0.856. The normalized spacial score (nSPS) is 17.3. The minimum absolute atomic E-state index is 0.231. The third-order valence-electron chi connectivity index (χ3n) is 4.26. The zero-order valence-electron chi connectivity index (χ0n) is 13.9. The molecule has 9 heteroatoms. The number of carboxylic acids is 1. The number of urea groups is 1. The van der Waals surface area contributed by atoms with Gasteiger partial charge in [0.1, 0.15) is 0 Å². The van der Waals surface area contributed by atoms with Gasteiger partial charge in [0.05, 0.1) is 5.92 Å². The minimum Gasteiger partial charge on any atom is -0.481 e. The molecule has 1 atom stereocenters. The molecule has 1 fully saturated rings. The Morgan fingerprint density at radius 1 is 1.40 bits per heavy atom. The molecule has 1 aliphatic rings. The van der Waals surface area contributed by atoms with Crippen LogP contribution in [0.2, 0.25) is 0 Å². The summed E-state index contributed by atoms with van der Waals surface area (Å²) in [6.07, 6.45) is 1.30. The maximum atomic E-state index is 12.4. The lowest BCUT2D eigenvalue weighted by atomic mass is 9.99. The molecule has 2 aromatic rings. The number of likely N-dealkylation sites (tertiary alicyclic amines) is 1. The molecule has 1 unspecified atom stereocenters. The van der Waals surface area contributed by atoms with Crippen LogP contribution in [-0.2, 0) is 11.3 Å².